The van der Waals surface area contributed by atoms with Crippen LogP contribution in [0, 0.1) is 5.82 Å². The van der Waals surface area contributed by atoms with E-state index in [1.807, 2.05) is 6.92 Å². The molecule has 1 fully saturated rings. The SMILES string of the molecule is CC(NCC1CCCS1(=O)=O)c1ccc(F)cc1Br. The Kier molecular flexibility index (Phi) is 4.63. The van der Waals surface area contributed by atoms with E-state index in [1.54, 1.807) is 6.07 Å². The molecule has 0 saturated carbocycles. The van der Waals surface area contributed by atoms with Crippen molar-refractivity contribution in [2.24, 2.45) is 0 Å². The van der Waals surface area contributed by atoms with Gasteiger partial charge in [-0.15, -0.1) is 0 Å². The Morgan fingerprint density at radius 2 is 2.26 bits per heavy atom. The molecule has 1 saturated heterocycles. The maximum atomic E-state index is 13.0. The molecule has 19 heavy (non-hydrogen) atoms. The second-order valence-electron chi connectivity index (χ2n) is 4.93. The fraction of sp³-hybridized carbons (Fsp3) is 0.538. The van der Waals surface area contributed by atoms with Crippen LogP contribution in [-0.2, 0) is 9.84 Å². The Hall–Kier alpha value is -0.460. The first kappa shape index (κ1) is 14.9. The van der Waals surface area contributed by atoms with Crippen molar-refractivity contribution in [2.45, 2.75) is 31.1 Å². The molecule has 0 aromatic heterocycles. The fourth-order valence-electron chi connectivity index (χ4n) is 2.36. The highest BCUT2D eigenvalue weighted by Gasteiger charge is 2.31. The quantitative estimate of drug-likeness (QED) is 0.908. The minimum atomic E-state index is -2.92. The van der Waals surface area contributed by atoms with Crippen molar-refractivity contribution in [3.8, 4) is 0 Å². The highest BCUT2D eigenvalue weighted by Crippen LogP contribution is 2.25. The smallest absolute Gasteiger partial charge is 0.154 e. The molecule has 1 aliphatic heterocycles. The molecular weight excluding hydrogens is 333 g/mol. The summed E-state index contributed by atoms with van der Waals surface area (Å²) in [6.45, 7) is 2.40. The molecule has 106 valence electrons. The molecule has 2 unspecified atom stereocenters. The number of nitrogens with one attached hydrogen (secondary N) is 1. The van der Waals surface area contributed by atoms with Gasteiger partial charge in [0, 0.05) is 17.1 Å². The van der Waals surface area contributed by atoms with Gasteiger partial charge in [-0.25, -0.2) is 12.8 Å². The van der Waals surface area contributed by atoms with E-state index < -0.39 is 9.84 Å². The van der Waals surface area contributed by atoms with Crippen molar-refractivity contribution in [3.63, 3.8) is 0 Å². The van der Waals surface area contributed by atoms with E-state index in [-0.39, 0.29) is 17.1 Å². The van der Waals surface area contributed by atoms with Crippen LogP contribution in [0.2, 0.25) is 0 Å². The summed E-state index contributed by atoms with van der Waals surface area (Å²) in [5.41, 5.74) is 0.928. The molecule has 1 aromatic rings. The van der Waals surface area contributed by atoms with E-state index in [4.69, 9.17) is 0 Å². The lowest BCUT2D eigenvalue weighted by Crippen LogP contribution is -2.32. The minimum Gasteiger partial charge on any atom is -0.309 e. The van der Waals surface area contributed by atoms with E-state index in [1.165, 1.54) is 12.1 Å². The highest BCUT2D eigenvalue weighted by atomic mass is 79.9. The summed E-state index contributed by atoms with van der Waals surface area (Å²) < 4.78 is 37.2. The van der Waals surface area contributed by atoms with E-state index in [0.29, 0.717) is 16.8 Å². The van der Waals surface area contributed by atoms with Gasteiger partial charge < -0.3 is 5.32 Å². The largest absolute Gasteiger partial charge is 0.309 e. The molecule has 1 heterocycles. The van der Waals surface area contributed by atoms with Crippen molar-refractivity contribution in [1.29, 1.82) is 0 Å². The Labute approximate surface area is 121 Å². The molecular formula is C13H17BrFNO2S. The topological polar surface area (TPSA) is 46.2 Å². The van der Waals surface area contributed by atoms with Crippen LogP contribution in [-0.4, -0.2) is 26.0 Å². The summed E-state index contributed by atoms with van der Waals surface area (Å²) in [5, 5.41) is 2.94. The first-order valence-electron chi connectivity index (χ1n) is 6.30. The summed E-state index contributed by atoms with van der Waals surface area (Å²) in [5.74, 6) is 0.00901. The lowest BCUT2D eigenvalue weighted by Gasteiger charge is -2.18. The van der Waals surface area contributed by atoms with Crippen LogP contribution < -0.4 is 5.32 Å². The Balaban J connectivity index is 2.00. The number of benzene rings is 1. The van der Waals surface area contributed by atoms with Gasteiger partial charge >= 0.3 is 0 Å². The molecule has 0 radical (unpaired) electrons. The van der Waals surface area contributed by atoms with Gasteiger partial charge in [0.05, 0.1) is 11.0 Å². The average Bonchev–Trinajstić information content (AvgIpc) is 2.65. The number of sulfone groups is 1. The van der Waals surface area contributed by atoms with E-state index in [0.717, 1.165) is 18.4 Å². The van der Waals surface area contributed by atoms with Crippen LogP contribution in [0.1, 0.15) is 31.4 Å². The summed E-state index contributed by atoms with van der Waals surface area (Å²) in [6.07, 6.45) is 1.48. The van der Waals surface area contributed by atoms with Gasteiger partial charge in [-0.05, 0) is 37.5 Å². The standard InChI is InChI=1S/C13H17BrFNO2S/c1-9(12-5-4-10(15)7-13(12)14)16-8-11-3-2-6-19(11,17)18/h4-5,7,9,11,16H,2-3,6,8H2,1H3. The van der Waals surface area contributed by atoms with Gasteiger partial charge in [0.25, 0.3) is 0 Å². The molecule has 0 bridgehead atoms. The third-order valence-corrected chi connectivity index (χ3v) is 6.51. The van der Waals surface area contributed by atoms with Gasteiger partial charge in [0.15, 0.2) is 9.84 Å². The predicted molar refractivity (Wildman–Crippen MR) is 77.3 cm³/mol. The number of halogens is 2. The van der Waals surface area contributed by atoms with Gasteiger partial charge in [-0.3, -0.25) is 0 Å². The Bertz CT molecular complexity index is 562. The molecule has 2 atom stereocenters. The molecule has 0 aliphatic carbocycles. The van der Waals surface area contributed by atoms with Crippen molar-refractivity contribution in [3.05, 3.63) is 34.1 Å². The third kappa shape index (κ3) is 3.55. The van der Waals surface area contributed by atoms with Crippen LogP contribution in [0.5, 0.6) is 0 Å². The zero-order valence-electron chi connectivity index (χ0n) is 10.7. The number of rotatable bonds is 4. The summed E-state index contributed by atoms with van der Waals surface area (Å²) in [7, 11) is -2.92. The van der Waals surface area contributed by atoms with Gasteiger partial charge in [-0.2, -0.15) is 0 Å². The Morgan fingerprint density at radius 1 is 1.53 bits per heavy atom. The normalized spacial score (nSPS) is 23.4. The van der Waals surface area contributed by atoms with Crippen molar-refractivity contribution >= 4 is 25.8 Å². The summed E-state index contributed by atoms with van der Waals surface area (Å²) in [6, 6.07) is 4.51. The second kappa shape index (κ2) is 5.89. The first-order valence-corrected chi connectivity index (χ1v) is 8.81. The zero-order valence-corrected chi connectivity index (χ0v) is 13.1. The van der Waals surface area contributed by atoms with Crippen molar-refractivity contribution in [1.82, 2.24) is 5.32 Å². The Morgan fingerprint density at radius 3 is 2.84 bits per heavy atom. The average molecular weight is 350 g/mol. The third-order valence-electron chi connectivity index (χ3n) is 3.54. The molecule has 1 aliphatic rings. The minimum absolute atomic E-state index is 0.0224. The van der Waals surface area contributed by atoms with Gasteiger partial charge in [-0.1, -0.05) is 22.0 Å². The molecule has 3 nitrogen and oxygen atoms in total. The predicted octanol–water partition coefficient (Wildman–Crippen LogP) is 2.82. The van der Waals surface area contributed by atoms with Crippen LogP contribution in [0.3, 0.4) is 0 Å². The molecule has 0 amide bonds. The van der Waals surface area contributed by atoms with Crippen molar-refractivity contribution < 1.29 is 12.8 Å². The molecule has 1 N–H and O–H groups in total. The van der Waals surface area contributed by atoms with E-state index in [2.05, 4.69) is 21.2 Å². The van der Waals surface area contributed by atoms with E-state index in [9.17, 15) is 12.8 Å². The zero-order chi connectivity index (χ0) is 14.0. The fourth-order valence-corrected chi connectivity index (χ4v) is 4.83. The lowest BCUT2D eigenvalue weighted by atomic mass is 10.1. The highest BCUT2D eigenvalue weighted by molar-refractivity contribution is 9.10. The van der Waals surface area contributed by atoms with E-state index >= 15 is 0 Å². The monoisotopic (exact) mass is 349 g/mol. The van der Waals surface area contributed by atoms with Crippen LogP contribution in [0.15, 0.2) is 22.7 Å². The number of hydrogen-bond acceptors (Lipinski definition) is 3. The summed E-state index contributed by atoms with van der Waals surface area (Å²) >= 11 is 3.33. The second-order valence-corrected chi connectivity index (χ2v) is 8.18. The van der Waals surface area contributed by atoms with Gasteiger partial charge in [0.1, 0.15) is 5.82 Å². The van der Waals surface area contributed by atoms with Crippen LogP contribution in [0.25, 0.3) is 0 Å². The van der Waals surface area contributed by atoms with Crippen LogP contribution in [0.4, 0.5) is 4.39 Å². The maximum absolute atomic E-state index is 13.0. The molecule has 6 heteroatoms. The van der Waals surface area contributed by atoms with Gasteiger partial charge in [0.2, 0.25) is 0 Å². The summed E-state index contributed by atoms with van der Waals surface area (Å²) in [4.78, 5) is 0. The maximum Gasteiger partial charge on any atom is 0.154 e. The lowest BCUT2D eigenvalue weighted by molar-refractivity contribution is 0.536. The first-order chi connectivity index (χ1) is 8.90. The molecule has 2 rings (SSSR count). The molecule has 0 spiro atoms. The van der Waals surface area contributed by atoms with Crippen molar-refractivity contribution in [2.75, 3.05) is 12.3 Å². The van der Waals surface area contributed by atoms with Crippen LogP contribution >= 0.6 is 15.9 Å². The molecule has 1 aromatic carbocycles. The number of hydrogen-bond donors (Lipinski definition) is 1.